The first-order valence-corrected chi connectivity index (χ1v) is 7.25. The summed E-state index contributed by atoms with van der Waals surface area (Å²) < 4.78 is 1.23. The molecule has 0 bridgehead atoms. The van der Waals surface area contributed by atoms with Gasteiger partial charge < -0.3 is 10.6 Å². The van der Waals surface area contributed by atoms with Gasteiger partial charge in [0.1, 0.15) is 0 Å². The number of hydrogen-bond donors (Lipinski definition) is 2. The second-order valence-corrected chi connectivity index (χ2v) is 5.39. The zero-order chi connectivity index (χ0) is 13.8. The second kappa shape index (κ2) is 5.75. The van der Waals surface area contributed by atoms with Crippen molar-refractivity contribution in [3.63, 3.8) is 0 Å². The molecule has 2 aromatic carbocycles. The quantitative estimate of drug-likeness (QED) is 0.760. The summed E-state index contributed by atoms with van der Waals surface area (Å²) in [5.41, 5.74) is 1.77. The van der Waals surface area contributed by atoms with Crippen LogP contribution in [-0.2, 0) is 4.79 Å². The van der Waals surface area contributed by atoms with Crippen molar-refractivity contribution in [3.05, 3.63) is 60.0 Å². The van der Waals surface area contributed by atoms with Gasteiger partial charge in [0.05, 0.1) is 6.54 Å². The molecule has 2 N–H and O–H groups in total. The minimum atomic E-state index is -0.0524. The molecular formula is C16H14N2OS. The topological polar surface area (TPSA) is 41.1 Å². The van der Waals surface area contributed by atoms with Crippen LogP contribution in [0.15, 0.2) is 60.0 Å². The van der Waals surface area contributed by atoms with Crippen LogP contribution in [0.5, 0.6) is 0 Å². The van der Waals surface area contributed by atoms with E-state index < -0.39 is 0 Å². The first kappa shape index (κ1) is 12.7. The van der Waals surface area contributed by atoms with Crippen LogP contribution in [0.3, 0.4) is 0 Å². The Bertz CT molecular complexity index is 721. The molecule has 0 aliphatic rings. The molecule has 0 fully saturated rings. The first-order valence-electron chi connectivity index (χ1n) is 6.37. The number of carbonyl (C=O) groups is 1. The highest BCUT2D eigenvalue weighted by molar-refractivity contribution is 7.17. The number of nitrogens with one attached hydrogen (secondary N) is 2. The third-order valence-electron chi connectivity index (χ3n) is 2.96. The van der Waals surface area contributed by atoms with Gasteiger partial charge in [-0.05, 0) is 47.2 Å². The average molecular weight is 282 g/mol. The van der Waals surface area contributed by atoms with Crippen molar-refractivity contribution >= 4 is 38.7 Å². The Balaban J connectivity index is 1.61. The van der Waals surface area contributed by atoms with Crippen molar-refractivity contribution < 1.29 is 4.79 Å². The van der Waals surface area contributed by atoms with Gasteiger partial charge in [0.15, 0.2) is 0 Å². The van der Waals surface area contributed by atoms with Gasteiger partial charge in [0.25, 0.3) is 0 Å². The van der Waals surface area contributed by atoms with Crippen LogP contribution in [0.25, 0.3) is 10.1 Å². The van der Waals surface area contributed by atoms with E-state index in [2.05, 4.69) is 16.7 Å². The summed E-state index contributed by atoms with van der Waals surface area (Å²) >= 11 is 1.70. The van der Waals surface area contributed by atoms with Gasteiger partial charge in [-0.15, -0.1) is 11.3 Å². The highest BCUT2D eigenvalue weighted by atomic mass is 32.1. The number of amides is 1. The van der Waals surface area contributed by atoms with Gasteiger partial charge >= 0.3 is 0 Å². The summed E-state index contributed by atoms with van der Waals surface area (Å²) in [7, 11) is 0. The Labute approximate surface area is 121 Å². The number of anilines is 2. The van der Waals surface area contributed by atoms with Crippen molar-refractivity contribution in [2.45, 2.75) is 0 Å². The molecule has 0 aliphatic carbocycles. The molecular weight excluding hydrogens is 268 g/mol. The lowest BCUT2D eigenvalue weighted by atomic mass is 10.2. The molecule has 0 saturated carbocycles. The minimum absolute atomic E-state index is 0.0524. The number of benzene rings is 2. The van der Waals surface area contributed by atoms with Crippen molar-refractivity contribution in [3.8, 4) is 0 Å². The van der Waals surface area contributed by atoms with Gasteiger partial charge in [-0.3, -0.25) is 4.79 Å². The molecule has 0 spiro atoms. The fraction of sp³-hybridized carbons (Fsp3) is 0.0625. The molecule has 1 heterocycles. The summed E-state index contributed by atoms with van der Waals surface area (Å²) in [6, 6.07) is 17.7. The van der Waals surface area contributed by atoms with E-state index in [9.17, 15) is 4.79 Å². The molecule has 0 saturated heterocycles. The van der Waals surface area contributed by atoms with Crippen LogP contribution < -0.4 is 10.6 Å². The van der Waals surface area contributed by atoms with E-state index in [1.54, 1.807) is 11.3 Å². The average Bonchev–Trinajstić information content (AvgIpc) is 2.94. The molecule has 4 heteroatoms. The van der Waals surface area contributed by atoms with Crippen LogP contribution in [0.2, 0.25) is 0 Å². The predicted octanol–water partition coefficient (Wildman–Crippen LogP) is 3.95. The fourth-order valence-electron chi connectivity index (χ4n) is 1.99. The van der Waals surface area contributed by atoms with Crippen molar-refractivity contribution in [2.24, 2.45) is 0 Å². The standard InChI is InChI=1S/C16H14N2OS/c19-16(11-17-13-4-2-1-3-5-13)18-14-6-7-15-12(10-14)8-9-20-15/h1-10,17H,11H2,(H,18,19). The maximum atomic E-state index is 11.9. The summed E-state index contributed by atoms with van der Waals surface area (Å²) in [6.07, 6.45) is 0. The van der Waals surface area contributed by atoms with E-state index in [4.69, 9.17) is 0 Å². The van der Waals surface area contributed by atoms with E-state index in [-0.39, 0.29) is 12.5 Å². The molecule has 1 amide bonds. The number of rotatable bonds is 4. The third kappa shape index (κ3) is 2.97. The molecule has 100 valence electrons. The number of fused-ring (bicyclic) bond motifs is 1. The van der Waals surface area contributed by atoms with Gasteiger partial charge in [0.2, 0.25) is 5.91 Å². The summed E-state index contributed by atoms with van der Waals surface area (Å²) in [6.45, 7) is 0.256. The lowest BCUT2D eigenvalue weighted by Gasteiger charge is -2.07. The van der Waals surface area contributed by atoms with Crippen LogP contribution in [-0.4, -0.2) is 12.5 Å². The molecule has 3 aromatic rings. The Morgan fingerprint density at radius 3 is 2.70 bits per heavy atom. The predicted molar refractivity (Wildman–Crippen MR) is 85.4 cm³/mol. The maximum Gasteiger partial charge on any atom is 0.243 e. The van der Waals surface area contributed by atoms with Crippen molar-refractivity contribution in [1.29, 1.82) is 0 Å². The lowest BCUT2D eigenvalue weighted by molar-refractivity contribution is -0.114. The van der Waals surface area contributed by atoms with Crippen LogP contribution in [0, 0.1) is 0 Å². The van der Waals surface area contributed by atoms with Crippen LogP contribution in [0.1, 0.15) is 0 Å². The highest BCUT2D eigenvalue weighted by Crippen LogP contribution is 2.23. The Hall–Kier alpha value is -2.33. The Morgan fingerprint density at radius 1 is 1.00 bits per heavy atom. The number of para-hydroxylation sites is 1. The fourth-order valence-corrected chi connectivity index (χ4v) is 2.76. The summed E-state index contributed by atoms with van der Waals surface area (Å²) in [4.78, 5) is 11.9. The van der Waals surface area contributed by atoms with Gasteiger partial charge in [-0.1, -0.05) is 18.2 Å². The molecule has 3 rings (SSSR count). The normalized spacial score (nSPS) is 10.4. The zero-order valence-corrected chi connectivity index (χ0v) is 11.6. The first-order chi connectivity index (χ1) is 9.81. The minimum Gasteiger partial charge on any atom is -0.376 e. The van der Waals surface area contributed by atoms with Gasteiger partial charge in [-0.25, -0.2) is 0 Å². The summed E-state index contributed by atoms with van der Waals surface area (Å²) in [5.74, 6) is -0.0524. The zero-order valence-electron chi connectivity index (χ0n) is 10.8. The van der Waals surface area contributed by atoms with E-state index in [0.29, 0.717) is 0 Å². The SMILES string of the molecule is O=C(CNc1ccccc1)Nc1ccc2sccc2c1. The molecule has 3 nitrogen and oxygen atoms in total. The maximum absolute atomic E-state index is 11.9. The Kier molecular flexibility index (Phi) is 3.65. The van der Waals surface area contributed by atoms with E-state index in [0.717, 1.165) is 16.8 Å². The molecule has 0 unspecified atom stereocenters. The molecule has 0 radical (unpaired) electrons. The van der Waals surface area contributed by atoms with E-state index >= 15 is 0 Å². The van der Waals surface area contributed by atoms with Crippen LogP contribution >= 0.6 is 11.3 Å². The molecule has 1 aromatic heterocycles. The number of hydrogen-bond acceptors (Lipinski definition) is 3. The van der Waals surface area contributed by atoms with Crippen LogP contribution in [0.4, 0.5) is 11.4 Å². The number of thiophene rings is 1. The van der Waals surface area contributed by atoms with E-state index in [1.165, 1.54) is 4.70 Å². The summed E-state index contributed by atoms with van der Waals surface area (Å²) in [5, 5.41) is 9.19. The molecule has 0 aliphatic heterocycles. The third-order valence-corrected chi connectivity index (χ3v) is 3.86. The van der Waals surface area contributed by atoms with Gasteiger partial charge in [-0.2, -0.15) is 0 Å². The van der Waals surface area contributed by atoms with E-state index in [1.807, 2.05) is 53.9 Å². The smallest absolute Gasteiger partial charge is 0.243 e. The monoisotopic (exact) mass is 282 g/mol. The molecule has 0 atom stereocenters. The second-order valence-electron chi connectivity index (χ2n) is 4.44. The number of carbonyl (C=O) groups excluding carboxylic acids is 1. The highest BCUT2D eigenvalue weighted by Gasteiger charge is 2.03. The van der Waals surface area contributed by atoms with Crippen molar-refractivity contribution in [2.75, 3.05) is 17.2 Å². The largest absolute Gasteiger partial charge is 0.376 e. The molecule has 20 heavy (non-hydrogen) atoms. The lowest BCUT2D eigenvalue weighted by Crippen LogP contribution is -2.21. The van der Waals surface area contributed by atoms with Gasteiger partial charge in [0, 0.05) is 16.1 Å². The Morgan fingerprint density at radius 2 is 1.85 bits per heavy atom. The van der Waals surface area contributed by atoms with Crippen molar-refractivity contribution in [1.82, 2.24) is 0 Å².